The highest BCUT2D eigenvalue weighted by Crippen LogP contribution is 2.13. The van der Waals surface area contributed by atoms with Crippen molar-refractivity contribution >= 4 is 0 Å². The maximum Gasteiger partial charge on any atom is 0.0294 e. The summed E-state index contributed by atoms with van der Waals surface area (Å²) in [5, 5.41) is 3.49. The number of hydrogen-bond acceptors (Lipinski definition) is 1. The second kappa shape index (κ2) is 6.05. The van der Waals surface area contributed by atoms with Crippen LogP contribution in [0.2, 0.25) is 0 Å². The topological polar surface area (TPSA) is 12.0 Å². The zero-order valence-electron chi connectivity index (χ0n) is 10.6. The van der Waals surface area contributed by atoms with E-state index < -0.39 is 0 Å². The first-order valence-corrected chi connectivity index (χ1v) is 6.14. The lowest BCUT2D eigenvalue weighted by Crippen LogP contribution is -2.18. The van der Waals surface area contributed by atoms with Crippen LogP contribution in [0.3, 0.4) is 0 Å². The van der Waals surface area contributed by atoms with Crippen LogP contribution in [0.25, 0.3) is 0 Å². The van der Waals surface area contributed by atoms with Gasteiger partial charge in [0, 0.05) is 18.2 Å². The molecule has 2 aromatic rings. The second-order valence-electron chi connectivity index (χ2n) is 4.31. The van der Waals surface area contributed by atoms with Crippen molar-refractivity contribution in [2.24, 2.45) is 0 Å². The van der Waals surface area contributed by atoms with Gasteiger partial charge in [0.15, 0.2) is 0 Å². The van der Waals surface area contributed by atoms with Crippen LogP contribution in [-0.2, 0) is 6.54 Å². The van der Waals surface area contributed by atoms with Gasteiger partial charge in [-0.15, -0.1) is 6.42 Å². The minimum atomic E-state index is 0.317. The van der Waals surface area contributed by atoms with E-state index >= 15 is 0 Å². The average Bonchev–Trinajstić information content (AvgIpc) is 2.46. The zero-order chi connectivity index (χ0) is 12.8. The van der Waals surface area contributed by atoms with Crippen molar-refractivity contribution in [3.05, 3.63) is 71.3 Å². The monoisotopic (exact) mass is 235 g/mol. The van der Waals surface area contributed by atoms with Gasteiger partial charge in [0.1, 0.15) is 0 Å². The maximum atomic E-state index is 5.49. The van der Waals surface area contributed by atoms with E-state index in [4.69, 9.17) is 6.42 Å². The molecule has 0 bridgehead atoms. The van der Waals surface area contributed by atoms with Crippen LogP contribution in [0.5, 0.6) is 0 Å². The molecule has 0 saturated carbocycles. The van der Waals surface area contributed by atoms with Crippen molar-refractivity contribution < 1.29 is 0 Å². The Kier molecular flexibility index (Phi) is 4.17. The normalized spacial score (nSPS) is 11.8. The summed E-state index contributed by atoms with van der Waals surface area (Å²) in [6, 6.07) is 18.8. The van der Waals surface area contributed by atoms with Gasteiger partial charge in [-0.25, -0.2) is 0 Å². The first-order valence-electron chi connectivity index (χ1n) is 6.14. The van der Waals surface area contributed by atoms with E-state index in [0.717, 1.165) is 12.1 Å². The Morgan fingerprint density at radius 3 is 2.44 bits per heavy atom. The molecule has 1 N–H and O–H groups in total. The standard InChI is InChI=1S/C17H17N/c1-3-15-9-7-8-12-17(15)13-18-14(2)16-10-5-4-6-11-16/h1,4-12,14,18H,13H2,2H3. The summed E-state index contributed by atoms with van der Waals surface area (Å²) in [7, 11) is 0. The molecule has 1 atom stereocenters. The van der Waals surface area contributed by atoms with Crippen molar-refractivity contribution in [1.82, 2.24) is 5.32 Å². The minimum absolute atomic E-state index is 0.317. The van der Waals surface area contributed by atoms with E-state index in [1.807, 2.05) is 24.3 Å². The molecular weight excluding hydrogens is 218 g/mol. The molecular formula is C17H17N. The quantitative estimate of drug-likeness (QED) is 0.799. The van der Waals surface area contributed by atoms with Crippen molar-refractivity contribution in [1.29, 1.82) is 0 Å². The highest BCUT2D eigenvalue weighted by Gasteiger charge is 2.05. The predicted octanol–water partition coefficient (Wildman–Crippen LogP) is 3.52. The van der Waals surface area contributed by atoms with Gasteiger partial charge >= 0.3 is 0 Å². The molecule has 1 heteroatoms. The molecule has 18 heavy (non-hydrogen) atoms. The number of benzene rings is 2. The van der Waals surface area contributed by atoms with Crippen LogP contribution in [-0.4, -0.2) is 0 Å². The molecule has 0 aliphatic heterocycles. The van der Waals surface area contributed by atoms with Crippen LogP contribution in [0, 0.1) is 12.3 Å². The molecule has 1 unspecified atom stereocenters. The molecule has 1 nitrogen and oxygen atoms in total. The molecule has 90 valence electrons. The molecule has 0 aliphatic carbocycles. The lowest BCUT2D eigenvalue weighted by molar-refractivity contribution is 0.574. The highest BCUT2D eigenvalue weighted by molar-refractivity contribution is 5.39. The molecule has 0 aliphatic rings. The summed E-state index contributed by atoms with van der Waals surface area (Å²) >= 11 is 0. The van der Waals surface area contributed by atoms with E-state index in [1.165, 1.54) is 11.1 Å². The highest BCUT2D eigenvalue weighted by atomic mass is 14.9. The lowest BCUT2D eigenvalue weighted by Gasteiger charge is -2.15. The summed E-state index contributed by atoms with van der Waals surface area (Å²) in [5.74, 6) is 2.72. The summed E-state index contributed by atoms with van der Waals surface area (Å²) in [6.45, 7) is 2.95. The summed E-state index contributed by atoms with van der Waals surface area (Å²) < 4.78 is 0. The first-order chi connectivity index (χ1) is 8.81. The third-order valence-electron chi connectivity index (χ3n) is 3.07. The van der Waals surface area contributed by atoms with E-state index in [0.29, 0.717) is 6.04 Å². The smallest absolute Gasteiger partial charge is 0.0294 e. The Balaban J connectivity index is 2.02. The van der Waals surface area contributed by atoms with Gasteiger partial charge in [-0.3, -0.25) is 0 Å². The first kappa shape index (κ1) is 12.4. The zero-order valence-corrected chi connectivity index (χ0v) is 10.6. The largest absolute Gasteiger partial charge is 0.306 e. The molecule has 0 spiro atoms. The fraction of sp³-hybridized carbons (Fsp3) is 0.176. The van der Waals surface area contributed by atoms with Crippen molar-refractivity contribution in [2.45, 2.75) is 19.5 Å². The fourth-order valence-corrected chi connectivity index (χ4v) is 1.94. The molecule has 0 amide bonds. The number of terminal acetylenes is 1. The van der Waals surface area contributed by atoms with Crippen molar-refractivity contribution in [3.63, 3.8) is 0 Å². The third-order valence-corrected chi connectivity index (χ3v) is 3.07. The molecule has 0 radical (unpaired) electrons. The van der Waals surface area contributed by atoms with Crippen LogP contribution < -0.4 is 5.32 Å². The molecule has 0 saturated heterocycles. The summed E-state index contributed by atoms with van der Waals surface area (Å²) in [4.78, 5) is 0. The molecule has 0 heterocycles. The van der Waals surface area contributed by atoms with E-state index in [9.17, 15) is 0 Å². The fourth-order valence-electron chi connectivity index (χ4n) is 1.94. The van der Waals surface area contributed by atoms with Gasteiger partial charge in [-0.1, -0.05) is 54.5 Å². The van der Waals surface area contributed by atoms with Crippen LogP contribution in [0.15, 0.2) is 54.6 Å². The van der Waals surface area contributed by atoms with Gasteiger partial charge in [0.05, 0.1) is 0 Å². The SMILES string of the molecule is C#Cc1ccccc1CNC(C)c1ccccc1. The predicted molar refractivity (Wildman–Crippen MR) is 76.1 cm³/mol. The lowest BCUT2D eigenvalue weighted by atomic mass is 10.1. The Morgan fingerprint density at radius 2 is 1.72 bits per heavy atom. The van der Waals surface area contributed by atoms with Crippen LogP contribution >= 0.6 is 0 Å². The van der Waals surface area contributed by atoms with Gasteiger partial charge in [0.25, 0.3) is 0 Å². The van der Waals surface area contributed by atoms with Gasteiger partial charge in [0.2, 0.25) is 0 Å². The third kappa shape index (κ3) is 3.00. The summed E-state index contributed by atoms with van der Waals surface area (Å²) in [5.41, 5.74) is 3.42. The Bertz CT molecular complexity index is 537. The average molecular weight is 235 g/mol. The summed E-state index contributed by atoms with van der Waals surface area (Å²) in [6.07, 6.45) is 5.49. The molecule has 0 aromatic heterocycles. The van der Waals surface area contributed by atoms with Gasteiger partial charge < -0.3 is 5.32 Å². The number of hydrogen-bond donors (Lipinski definition) is 1. The second-order valence-corrected chi connectivity index (χ2v) is 4.31. The maximum absolute atomic E-state index is 5.49. The van der Waals surface area contributed by atoms with Crippen LogP contribution in [0.4, 0.5) is 0 Å². The van der Waals surface area contributed by atoms with Crippen molar-refractivity contribution in [2.75, 3.05) is 0 Å². The minimum Gasteiger partial charge on any atom is -0.306 e. The number of nitrogens with one attached hydrogen (secondary N) is 1. The number of rotatable bonds is 4. The van der Waals surface area contributed by atoms with E-state index in [1.54, 1.807) is 0 Å². The van der Waals surface area contributed by atoms with Gasteiger partial charge in [-0.2, -0.15) is 0 Å². The van der Waals surface area contributed by atoms with Gasteiger partial charge in [-0.05, 0) is 24.1 Å². The van der Waals surface area contributed by atoms with E-state index in [-0.39, 0.29) is 0 Å². The van der Waals surface area contributed by atoms with Crippen LogP contribution in [0.1, 0.15) is 29.7 Å². The Labute approximate surface area is 109 Å². The van der Waals surface area contributed by atoms with E-state index in [2.05, 4.69) is 48.5 Å². The molecule has 0 fully saturated rings. The molecule has 2 aromatic carbocycles. The Morgan fingerprint density at radius 1 is 1.06 bits per heavy atom. The van der Waals surface area contributed by atoms with Crippen molar-refractivity contribution in [3.8, 4) is 12.3 Å². The molecule has 2 rings (SSSR count). The Hall–Kier alpha value is -2.04.